The summed E-state index contributed by atoms with van der Waals surface area (Å²) < 4.78 is 19.2. The van der Waals surface area contributed by atoms with E-state index in [1.165, 1.54) is 5.56 Å². The zero-order chi connectivity index (χ0) is 30.6. The molecule has 0 amide bonds. The molecule has 0 aliphatic carbocycles. The highest BCUT2D eigenvalue weighted by molar-refractivity contribution is 7.18. The number of nitrogens with zero attached hydrogens (tertiary/aromatic N) is 7. The molecule has 0 bridgehead atoms. The highest BCUT2D eigenvalue weighted by Crippen LogP contribution is 2.38. The maximum atomic E-state index is 6.32. The van der Waals surface area contributed by atoms with Gasteiger partial charge >= 0.3 is 6.01 Å². The minimum absolute atomic E-state index is 0.487. The maximum absolute atomic E-state index is 6.32. The van der Waals surface area contributed by atoms with Crippen molar-refractivity contribution in [2.24, 2.45) is 0 Å². The minimum Gasteiger partial charge on any atom is -0.489 e. The van der Waals surface area contributed by atoms with Crippen LogP contribution in [0.4, 0.5) is 11.5 Å². The van der Waals surface area contributed by atoms with Crippen LogP contribution in [0.2, 0.25) is 0 Å². The van der Waals surface area contributed by atoms with Crippen LogP contribution >= 0.6 is 11.3 Å². The first-order valence-corrected chi connectivity index (χ1v) is 17.0. The normalized spacial score (nSPS) is 17.9. The Morgan fingerprint density at radius 3 is 2.53 bits per heavy atom. The van der Waals surface area contributed by atoms with Gasteiger partial charge in [-0.15, -0.1) is 11.3 Å². The molecule has 10 nitrogen and oxygen atoms in total. The van der Waals surface area contributed by atoms with E-state index >= 15 is 0 Å². The Morgan fingerprint density at radius 1 is 0.889 bits per heavy atom. The maximum Gasteiger partial charge on any atom is 0.318 e. The number of anilines is 2. The number of hydrogen-bond acceptors (Lipinski definition) is 11. The van der Waals surface area contributed by atoms with E-state index in [-0.39, 0.29) is 0 Å². The van der Waals surface area contributed by atoms with Crippen LogP contribution in [0.25, 0.3) is 10.2 Å². The number of aryl methyl sites for hydroxylation is 1. The van der Waals surface area contributed by atoms with Crippen LogP contribution in [-0.4, -0.2) is 104 Å². The molecule has 45 heavy (non-hydrogen) atoms. The third-order valence-corrected chi connectivity index (χ3v) is 9.84. The average Bonchev–Trinajstić information content (AvgIpc) is 3.46. The quantitative estimate of drug-likeness (QED) is 0.236. The van der Waals surface area contributed by atoms with E-state index in [1.54, 1.807) is 11.3 Å². The summed E-state index contributed by atoms with van der Waals surface area (Å²) in [5.41, 5.74) is 5.57. The van der Waals surface area contributed by atoms with E-state index in [0.29, 0.717) is 25.8 Å². The van der Waals surface area contributed by atoms with Gasteiger partial charge in [-0.1, -0.05) is 30.3 Å². The average molecular weight is 630 g/mol. The Balaban J connectivity index is 1.13. The smallest absolute Gasteiger partial charge is 0.318 e. The fourth-order valence-corrected chi connectivity index (χ4v) is 7.26. The molecule has 238 valence electrons. The molecule has 3 aliphatic rings. The van der Waals surface area contributed by atoms with Gasteiger partial charge in [0.15, 0.2) is 0 Å². The molecule has 7 rings (SSSR count). The van der Waals surface area contributed by atoms with Crippen LogP contribution in [0, 0.1) is 6.92 Å². The molecule has 2 aromatic carbocycles. The Hall–Kier alpha value is -3.51. The van der Waals surface area contributed by atoms with Crippen molar-refractivity contribution >= 4 is 33.1 Å². The number of benzene rings is 2. The zero-order valence-corrected chi connectivity index (χ0v) is 27.2. The first-order chi connectivity index (χ1) is 22.1. The summed E-state index contributed by atoms with van der Waals surface area (Å²) in [7, 11) is 2.19. The first kappa shape index (κ1) is 30.2. The summed E-state index contributed by atoms with van der Waals surface area (Å²) in [5, 5.41) is 1.05. The molecule has 0 unspecified atom stereocenters. The van der Waals surface area contributed by atoms with E-state index in [4.69, 9.17) is 29.2 Å². The number of thiazole rings is 1. The summed E-state index contributed by atoms with van der Waals surface area (Å²) >= 11 is 1.71. The van der Waals surface area contributed by atoms with E-state index in [0.717, 1.165) is 122 Å². The molecular weight excluding hydrogens is 586 g/mol. The summed E-state index contributed by atoms with van der Waals surface area (Å²) in [6.45, 7) is 13.3. The van der Waals surface area contributed by atoms with Crippen molar-refractivity contribution in [1.29, 1.82) is 0 Å². The molecule has 0 radical (unpaired) electrons. The second-order valence-electron chi connectivity index (χ2n) is 12.2. The molecule has 2 aromatic heterocycles. The lowest BCUT2D eigenvalue weighted by molar-refractivity contribution is 0.0356. The number of aromatic nitrogens is 3. The third-order valence-electron chi connectivity index (χ3n) is 8.92. The zero-order valence-electron chi connectivity index (χ0n) is 26.4. The first-order valence-electron chi connectivity index (χ1n) is 16.2. The number of hydrogen-bond donors (Lipinski definition) is 0. The van der Waals surface area contributed by atoms with Crippen molar-refractivity contribution in [3.05, 3.63) is 64.3 Å². The molecule has 0 atom stereocenters. The van der Waals surface area contributed by atoms with E-state index in [9.17, 15) is 0 Å². The van der Waals surface area contributed by atoms with E-state index in [2.05, 4.69) is 57.8 Å². The van der Waals surface area contributed by atoms with Crippen molar-refractivity contribution in [3.8, 4) is 11.8 Å². The molecule has 11 heteroatoms. The molecule has 3 aliphatic heterocycles. The lowest BCUT2D eigenvalue weighted by Gasteiger charge is -2.37. The number of morpholine rings is 1. The summed E-state index contributed by atoms with van der Waals surface area (Å²) in [6.07, 6.45) is 1.81. The second-order valence-corrected chi connectivity index (χ2v) is 13.4. The van der Waals surface area contributed by atoms with Gasteiger partial charge in [0.2, 0.25) is 0 Å². The fraction of sp³-hybridized carbons (Fsp3) is 0.500. The predicted octanol–water partition coefficient (Wildman–Crippen LogP) is 4.39. The van der Waals surface area contributed by atoms with Gasteiger partial charge in [0.25, 0.3) is 0 Å². The van der Waals surface area contributed by atoms with Gasteiger partial charge in [-0.2, -0.15) is 9.97 Å². The molecule has 0 spiro atoms. The van der Waals surface area contributed by atoms with Gasteiger partial charge in [0.05, 0.1) is 47.5 Å². The number of piperazine rings is 1. The van der Waals surface area contributed by atoms with Gasteiger partial charge in [-0.25, -0.2) is 4.98 Å². The van der Waals surface area contributed by atoms with Crippen LogP contribution in [-0.2, 0) is 24.3 Å². The SMILES string of the molecule is Cc1nc2c(N3CCc4c(nc(OCCCN5CCOCC5)nc4N4CCN(C)CC4)C3)cc(OCc3ccccc3)cc2s1. The number of fused-ring (bicyclic) bond motifs is 2. The molecular formula is C34H43N7O3S. The Labute approximate surface area is 269 Å². The highest BCUT2D eigenvalue weighted by Gasteiger charge is 2.28. The van der Waals surface area contributed by atoms with Crippen LogP contribution in [0.1, 0.15) is 28.2 Å². The van der Waals surface area contributed by atoms with Crippen LogP contribution in [0.3, 0.4) is 0 Å². The van der Waals surface area contributed by atoms with Gasteiger partial charge in [0, 0.05) is 64.0 Å². The van der Waals surface area contributed by atoms with Crippen molar-refractivity contribution < 1.29 is 14.2 Å². The Bertz CT molecular complexity index is 1590. The van der Waals surface area contributed by atoms with Crippen molar-refractivity contribution in [2.45, 2.75) is 32.9 Å². The summed E-state index contributed by atoms with van der Waals surface area (Å²) in [5.74, 6) is 1.91. The van der Waals surface area contributed by atoms with Gasteiger partial charge in [-0.3, -0.25) is 4.90 Å². The molecule has 0 N–H and O–H groups in total. The largest absolute Gasteiger partial charge is 0.489 e. The van der Waals surface area contributed by atoms with Crippen LogP contribution < -0.4 is 19.3 Å². The third kappa shape index (κ3) is 7.17. The topological polar surface area (TPSA) is 79.3 Å². The molecule has 0 saturated carbocycles. The molecule has 4 aromatic rings. The van der Waals surface area contributed by atoms with Crippen molar-refractivity contribution in [3.63, 3.8) is 0 Å². The molecule has 2 saturated heterocycles. The minimum atomic E-state index is 0.487. The van der Waals surface area contributed by atoms with Crippen LogP contribution in [0.5, 0.6) is 11.8 Å². The lowest BCUT2D eigenvalue weighted by Crippen LogP contribution is -2.46. The number of ether oxygens (including phenoxy) is 3. The van der Waals surface area contributed by atoms with Crippen LogP contribution in [0.15, 0.2) is 42.5 Å². The Morgan fingerprint density at radius 2 is 1.71 bits per heavy atom. The van der Waals surface area contributed by atoms with Gasteiger partial charge < -0.3 is 28.9 Å². The van der Waals surface area contributed by atoms with Gasteiger partial charge in [-0.05, 0) is 38.4 Å². The lowest BCUT2D eigenvalue weighted by atomic mass is 10.0. The summed E-state index contributed by atoms with van der Waals surface area (Å²) in [4.78, 5) is 24.7. The standard InChI is InChI=1S/C34H43N7O3S/c1-25-35-32-30(21-27(22-31(32)45-25)44-24-26-7-4-3-5-8-26)41-11-9-28-29(23-41)36-34(37-33(28)40-14-12-38(2)13-15-40)43-18-6-10-39-16-19-42-20-17-39/h3-5,7-8,21-22H,6,9-20,23-24H2,1-2H3. The fourth-order valence-electron chi connectivity index (χ4n) is 6.38. The van der Waals surface area contributed by atoms with E-state index in [1.807, 2.05) is 18.2 Å². The highest BCUT2D eigenvalue weighted by atomic mass is 32.1. The van der Waals surface area contributed by atoms with Crippen molar-refractivity contribution in [2.75, 3.05) is 89.0 Å². The number of likely N-dealkylation sites (N-methyl/N-ethyl adjacent to an activating group) is 1. The second kappa shape index (κ2) is 13.9. The Kier molecular flexibility index (Phi) is 9.29. The predicted molar refractivity (Wildman–Crippen MR) is 179 cm³/mol. The monoisotopic (exact) mass is 629 g/mol. The molecule has 5 heterocycles. The summed E-state index contributed by atoms with van der Waals surface area (Å²) in [6, 6.07) is 15.1. The number of rotatable bonds is 10. The van der Waals surface area contributed by atoms with E-state index < -0.39 is 0 Å². The van der Waals surface area contributed by atoms with Crippen molar-refractivity contribution in [1.82, 2.24) is 24.8 Å². The molecule has 2 fully saturated rings. The van der Waals surface area contributed by atoms with Gasteiger partial charge in [0.1, 0.15) is 23.7 Å².